The van der Waals surface area contributed by atoms with E-state index in [1.54, 1.807) is 49.4 Å². The fraction of sp³-hybridized carbons (Fsp3) is 0.296. The zero-order valence-electron chi connectivity index (χ0n) is 20.1. The van der Waals surface area contributed by atoms with Crippen LogP contribution in [0.15, 0.2) is 65.6 Å². The number of anilines is 2. The van der Waals surface area contributed by atoms with E-state index in [9.17, 15) is 29.1 Å². The Bertz CT molecular complexity index is 1240. The van der Waals surface area contributed by atoms with E-state index in [1.807, 2.05) is 6.08 Å². The summed E-state index contributed by atoms with van der Waals surface area (Å²) in [6, 6.07) is 13.0. The Hall–Kier alpha value is -3.92. The highest BCUT2D eigenvalue weighted by molar-refractivity contribution is 8.00. The zero-order valence-corrected chi connectivity index (χ0v) is 20.9. The summed E-state index contributed by atoms with van der Waals surface area (Å²) >= 11 is 1.25. The number of esters is 1. The Morgan fingerprint density at radius 2 is 1.65 bits per heavy atom. The molecule has 1 heterocycles. The van der Waals surface area contributed by atoms with Crippen molar-refractivity contribution in [1.29, 1.82) is 0 Å². The number of carboxylic acid groups (broad SMARTS) is 1. The van der Waals surface area contributed by atoms with E-state index in [4.69, 9.17) is 4.74 Å². The summed E-state index contributed by atoms with van der Waals surface area (Å²) in [5, 5.41) is 11.6. The van der Waals surface area contributed by atoms with Crippen molar-refractivity contribution in [3.63, 3.8) is 0 Å². The molecule has 3 atom stereocenters. The zero-order chi connectivity index (χ0) is 26.5. The fourth-order valence-corrected chi connectivity index (χ4v) is 5.38. The van der Waals surface area contributed by atoms with Gasteiger partial charge in [0.05, 0.1) is 34.9 Å². The lowest BCUT2D eigenvalue weighted by atomic mass is 9.82. The molecule has 2 N–H and O–H groups in total. The third-order valence-electron chi connectivity index (χ3n) is 6.23. The van der Waals surface area contributed by atoms with Crippen LogP contribution in [-0.2, 0) is 23.9 Å². The largest absolute Gasteiger partial charge is 0.481 e. The minimum Gasteiger partial charge on any atom is -0.481 e. The number of rotatable bonds is 8. The lowest BCUT2D eigenvalue weighted by Crippen LogP contribution is -2.34. The maximum atomic E-state index is 13.0. The van der Waals surface area contributed by atoms with Gasteiger partial charge in [0.1, 0.15) is 0 Å². The van der Waals surface area contributed by atoms with Gasteiger partial charge >= 0.3 is 11.9 Å². The molecule has 1 aliphatic carbocycles. The van der Waals surface area contributed by atoms with Gasteiger partial charge in [0.15, 0.2) is 0 Å². The van der Waals surface area contributed by atoms with Crippen LogP contribution < -0.4 is 10.2 Å². The van der Waals surface area contributed by atoms with Gasteiger partial charge in [0.2, 0.25) is 17.7 Å². The lowest BCUT2D eigenvalue weighted by Gasteiger charge is -2.24. The van der Waals surface area contributed by atoms with Crippen LogP contribution in [0.3, 0.4) is 0 Å². The van der Waals surface area contributed by atoms with Gasteiger partial charge in [-0.25, -0.2) is 9.69 Å². The molecule has 9 nitrogen and oxygen atoms in total. The van der Waals surface area contributed by atoms with E-state index in [0.29, 0.717) is 29.8 Å². The van der Waals surface area contributed by atoms with Crippen molar-refractivity contribution in [2.75, 3.05) is 16.8 Å². The first-order valence-electron chi connectivity index (χ1n) is 11.9. The van der Waals surface area contributed by atoms with E-state index in [-0.39, 0.29) is 30.7 Å². The van der Waals surface area contributed by atoms with Crippen LogP contribution in [-0.4, -0.2) is 46.6 Å². The van der Waals surface area contributed by atoms with Crippen molar-refractivity contribution in [1.82, 2.24) is 0 Å². The first-order chi connectivity index (χ1) is 17.8. The van der Waals surface area contributed by atoms with Crippen molar-refractivity contribution in [3.8, 4) is 0 Å². The maximum Gasteiger partial charge on any atom is 0.338 e. The van der Waals surface area contributed by atoms with Gasteiger partial charge in [0.25, 0.3) is 0 Å². The van der Waals surface area contributed by atoms with Crippen LogP contribution in [0.25, 0.3) is 0 Å². The number of allylic oxidation sites excluding steroid dienone is 2. The smallest absolute Gasteiger partial charge is 0.338 e. The monoisotopic (exact) mass is 522 g/mol. The number of ether oxygens (including phenoxy) is 1. The Labute approximate surface area is 217 Å². The molecule has 37 heavy (non-hydrogen) atoms. The highest BCUT2D eigenvalue weighted by Gasteiger charge is 2.40. The summed E-state index contributed by atoms with van der Waals surface area (Å²) < 4.78 is 4.95. The SMILES string of the molecule is CCOC(=O)c1ccc(N2C(=O)CC(Sc3ccc(NC(=O)C4CC=CCC4C(=O)O)cc3)C2=O)cc1. The molecule has 0 saturated carbocycles. The maximum absolute atomic E-state index is 13.0. The molecule has 2 aromatic carbocycles. The van der Waals surface area contributed by atoms with Crippen LogP contribution in [0.5, 0.6) is 0 Å². The second-order valence-corrected chi connectivity index (χ2v) is 9.93. The van der Waals surface area contributed by atoms with Gasteiger partial charge < -0.3 is 15.2 Å². The van der Waals surface area contributed by atoms with Crippen molar-refractivity contribution in [3.05, 3.63) is 66.2 Å². The Kier molecular flexibility index (Phi) is 8.08. The molecule has 0 spiro atoms. The van der Waals surface area contributed by atoms with Crippen molar-refractivity contribution in [2.45, 2.75) is 36.3 Å². The highest BCUT2D eigenvalue weighted by Crippen LogP contribution is 2.35. The molecule has 1 aliphatic heterocycles. The summed E-state index contributed by atoms with van der Waals surface area (Å²) in [5.74, 6) is -3.88. The number of carbonyl (C=O) groups is 5. The predicted octanol–water partition coefficient (Wildman–Crippen LogP) is 3.89. The van der Waals surface area contributed by atoms with Gasteiger partial charge in [-0.05, 0) is 68.3 Å². The number of hydrogen-bond acceptors (Lipinski definition) is 7. The summed E-state index contributed by atoms with van der Waals surface area (Å²) in [6.07, 6.45) is 4.33. The molecule has 0 radical (unpaired) electrons. The molecule has 3 unspecified atom stereocenters. The molecule has 0 aromatic heterocycles. The fourth-order valence-electron chi connectivity index (χ4n) is 4.32. The quantitative estimate of drug-likeness (QED) is 0.303. The molecular formula is C27H26N2O7S. The second kappa shape index (κ2) is 11.4. The van der Waals surface area contributed by atoms with Gasteiger partial charge in [-0.3, -0.25) is 19.2 Å². The van der Waals surface area contributed by atoms with Gasteiger partial charge in [0, 0.05) is 17.0 Å². The number of amides is 3. The van der Waals surface area contributed by atoms with Crippen molar-refractivity contribution < 1.29 is 33.8 Å². The van der Waals surface area contributed by atoms with Crippen LogP contribution in [0.1, 0.15) is 36.5 Å². The van der Waals surface area contributed by atoms with Crippen LogP contribution in [0.4, 0.5) is 11.4 Å². The van der Waals surface area contributed by atoms with Gasteiger partial charge in [-0.15, -0.1) is 11.8 Å². The molecule has 1 fully saturated rings. The molecule has 3 amide bonds. The number of nitrogens with one attached hydrogen (secondary N) is 1. The molecule has 2 aliphatic rings. The first-order valence-corrected chi connectivity index (χ1v) is 12.8. The summed E-state index contributed by atoms with van der Waals surface area (Å²) in [4.78, 5) is 63.5. The third-order valence-corrected chi connectivity index (χ3v) is 7.43. The average Bonchev–Trinajstić information content (AvgIpc) is 3.17. The van der Waals surface area contributed by atoms with Crippen LogP contribution in [0, 0.1) is 11.8 Å². The number of carbonyl (C=O) groups excluding carboxylic acids is 4. The number of imide groups is 1. The number of thioether (sulfide) groups is 1. The van der Waals surface area contributed by atoms with Crippen LogP contribution >= 0.6 is 11.8 Å². The van der Waals surface area contributed by atoms with E-state index in [2.05, 4.69) is 5.32 Å². The van der Waals surface area contributed by atoms with Gasteiger partial charge in [-0.1, -0.05) is 12.2 Å². The number of hydrogen-bond donors (Lipinski definition) is 2. The van der Waals surface area contributed by atoms with E-state index in [0.717, 1.165) is 9.80 Å². The molecular weight excluding hydrogens is 496 g/mol. The van der Waals surface area contributed by atoms with Gasteiger partial charge in [-0.2, -0.15) is 0 Å². The van der Waals surface area contributed by atoms with E-state index in [1.165, 1.54) is 23.9 Å². The third kappa shape index (κ3) is 5.91. The van der Waals surface area contributed by atoms with E-state index >= 15 is 0 Å². The van der Waals surface area contributed by atoms with Crippen molar-refractivity contribution in [2.24, 2.45) is 11.8 Å². The van der Waals surface area contributed by atoms with Crippen molar-refractivity contribution >= 4 is 52.8 Å². The Morgan fingerprint density at radius 3 is 2.27 bits per heavy atom. The summed E-state index contributed by atoms with van der Waals surface area (Å²) in [5.41, 5.74) is 1.24. The van der Waals surface area contributed by atoms with Crippen LogP contribution in [0.2, 0.25) is 0 Å². The first kappa shape index (κ1) is 26.2. The molecule has 1 saturated heterocycles. The standard InChI is InChI=1S/C27H26N2O7S/c1-2-36-27(35)16-7-11-18(12-8-16)29-23(30)15-22(25(29)32)37-19-13-9-17(10-14-19)28-24(31)20-5-3-4-6-21(20)26(33)34/h3-4,7-14,20-22H,2,5-6,15H2,1H3,(H,28,31)(H,33,34). The highest BCUT2D eigenvalue weighted by atomic mass is 32.2. The van der Waals surface area contributed by atoms with E-state index < -0.39 is 29.0 Å². The lowest BCUT2D eigenvalue weighted by molar-refractivity contribution is -0.146. The predicted molar refractivity (Wildman–Crippen MR) is 137 cm³/mol. The minimum atomic E-state index is -0.990. The minimum absolute atomic E-state index is 0.0351. The number of nitrogens with zero attached hydrogens (tertiary/aromatic N) is 1. The number of benzene rings is 2. The number of carboxylic acids is 1. The summed E-state index contributed by atoms with van der Waals surface area (Å²) in [6.45, 7) is 1.96. The molecule has 4 rings (SSSR count). The average molecular weight is 523 g/mol. The number of aliphatic carboxylic acids is 1. The normalized spacial score (nSPS) is 21.1. The molecule has 10 heteroatoms. The molecule has 0 bridgehead atoms. The molecule has 192 valence electrons. The Balaban J connectivity index is 1.37. The molecule has 2 aromatic rings. The Morgan fingerprint density at radius 1 is 1.00 bits per heavy atom. The topological polar surface area (TPSA) is 130 Å². The summed E-state index contributed by atoms with van der Waals surface area (Å²) in [7, 11) is 0. The second-order valence-electron chi connectivity index (χ2n) is 8.65.